The van der Waals surface area contributed by atoms with E-state index in [0.29, 0.717) is 30.4 Å². The number of hydrogen-bond donors (Lipinski definition) is 1. The molecule has 136 valence electrons. The normalized spacial score (nSPS) is 12.9. The number of nitrogens with one attached hydrogen (secondary N) is 1. The van der Waals surface area contributed by atoms with Crippen LogP contribution in [0, 0.1) is 0 Å². The van der Waals surface area contributed by atoms with Gasteiger partial charge in [-0.15, -0.1) is 6.58 Å². The molecular formula is C19H22N4O3. The van der Waals surface area contributed by atoms with E-state index >= 15 is 0 Å². The molecule has 0 unspecified atom stereocenters. The molecule has 0 radical (unpaired) electrons. The highest BCUT2D eigenvalue weighted by Gasteiger charge is 2.21. The van der Waals surface area contributed by atoms with Crippen molar-refractivity contribution in [3.8, 4) is 11.5 Å². The lowest BCUT2D eigenvalue weighted by atomic mass is 9.99. The zero-order valence-corrected chi connectivity index (χ0v) is 15.0. The number of hydrogen-bond acceptors (Lipinski definition) is 6. The first-order valence-corrected chi connectivity index (χ1v) is 8.36. The van der Waals surface area contributed by atoms with E-state index in [4.69, 9.17) is 9.47 Å². The van der Waals surface area contributed by atoms with Crippen LogP contribution in [0.1, 0.15) is 21.5 Å². The van der Waals surface area contributed by atoms with E-state index < -0.39 is 0 Å². The van der Waals surface area contributed by atoms with Crippen LogP contribution in [0.2, 0.25) is 0 Å². The number of carbonyl (C=O) groups excluding carboxylic acids is 1. The Morgan fingerprint density at radius 3 is 2.50 bits per heavy atom. The number of nitrogens with zero attached hydrogens (tertiary/aromatic N) is 3. The molecule has 2 heterocycles. The third-order valence-electron chi connectivity index (χ3n) is 4.31. The molecule has 7 heteroatoms. The zero-order valence-electron chi connectivity index (χ0n) is 15.0. The van der Waals surface area contributed by atoms with Crippen molar-refractivity contribution < 1.29 is 14.3 Å². The number of aromatic nitrogens is 2. The number of anilines is 1. The Balaban J connectivity index is 1.76. The third kappa shape index (κ3) is 3.61. The Morgan fingerprint density at radius 1 is 1.23 bits per heavy atom. The smallest absolute Gasteiger partial charge is 0.254 e. The number of benzene rings is 1. The monoisotopic (exact) mass is 354 g/mol. The Hall–Kier alpha value is -3.09. The van der Waals surface area contributed by atoms with Crippen molar-refractivity contribution in [3.63, 3.8) is 0 Å². The molecule has 2 aromatic rings. The van der Waals surface area contributed by atoms with Crippen LogP contribution in [-0.2, 0) is 13.0 Å². The van der Waals surface area contributed by atoms with Gasteiger partial charge >= 0.3 is 0 Å². The Bertz CT molecular complexity index is 805. The fourth-order valence-corrected chi connectivity index (χ4v) is 2.92. The van der Waals surface area contributed by atoms with Crippen LogP contribution in [0.3, 0.4) is 0 Å². The minimum Gasteiger partial charge on any atom is -0.493 e. The maximum atomic E-state index is 11.9. The van der Waals surface area contributed by atoms with Gasteiger partial charge in [0.15, 0.2) is 11.5 Å². The van der Waals surface area contributed by atoms with Gasteiger partial charge in [0.1, 0.15) is 0 Å². The van der Waals surface area contributed by atoms with Crippen LogP contribution in [0.15, 0.2) is 37.2 Å². The molecule has 26 heavy (non-hydrogen) atoms. The average molecular weight is 354 g/mol. The number of fused-ring (bicyclic) bond motifs is 1. The van der Waals surface area contributed by atoms with Crippen LogP contribution in [0.4, 0.5) is 5.95 Å². The summed E-state index contributed by atoms with van der Waals surface area (Å²) in [5, 5.41) is 2.71. The number of carbonyl (C=O) groups is 1. The number of rotatable bonds is 6. The second kappa shape index (κ2) is 7.86. The van der Waals surface area contributed by atoms with E-state index in [1.54, 1.807) is 32.7 Å². The van der Waals surface area contributed by atoms with E-state index in [-0.39, 0.29) is 5.91 Å². The van der Waals surface area contributed by atoms with Gasteiger partial charge in [-0.2, -0.15) is 0 Å². The van der Waals surface area contributed by atoms with Crippen molar-refractivity contribution in [2.24, 2.45) is 0 Å². The molecule has 1 aromatic carbocycles. The topological polar surface area (TPSA) is 76.6 Å². The van der Waals surface area contributed by atoms with Crippen molar-refractivity contribution in [1.82, 2.24) is 15.3 Å². The molecule has 0 atom stereocenters. The summed E-state index contributed by atoms with van der Waals surface area (Å²) in [4.78, 5) is 22.7. The fraction of sp³-hybridized carbons (Fsp3) is 0.316. The summed E-state index contributed by atoms with van der Waals surface area (Å²) >= 11 is 0. The average Bonchev–Trinajstić information content (AvgIpc) is 2.70. The molecule has 0 bridgehead atoms. The second-order valence-electron chi connectivity index (χ2n) is 5.92. The van der Waals surface area contributed by atoms with Crippen molar-refractivity contribution >= 4 is 11.9 Å². The molecule has 0 saturated carbocycles. The molecule has 0 aliphatic carbocycles. The van der Waals surface area contributed by atoms with Crippen molar-refractivity contribution in [2.75, 3.05) is 32.2 Å². The molecule has 1 amide bonds. The Labute approximate surface area is 152 Å². The molecule has 0 spiro atoms. The molecule has 1 aromatic heterocycles. The quantitative estimate of drug-likeness (QED) is 0.800. The standard InChI is InChI=1S/C19H22N4O3/c1-4-6-20-18(24)15-10-21-19(22-11-15)23-7-5-13-8-16(25-2)17(26-3)9-14(13)12-23/h4,8-11H,1,5-7,12H2,2-3H3,(H,20,24). The SMILES string of the molecule is C=CCNC(=O)c1cnc(N2CCc3cc(OC)c(OC)cc3C2)nc1. The molecular weight excluding hydrogens is 332 g/mol. The maximum Gasteiger partial charge on any atom is 0.254 e. The lowest BCUT2D eigenvalue weighted by molar-refractivity contribution is 0.0957. The summed E-state index contributed by atoms with van der Waals surface area (Å²) in [5.41, 5.74) is 2.82. The minimum absolute atomic E-state index is 0.211. The summed E-state index contributed by atoms with van der Waals surface area (Å²) in [6, 6.07) is 4.02. The Kier molecular flexibility index (Phi) is 5.36. The highest BCUT2D eigenvalue weighted by Crippen LogP contribution is 2.33. The summed E-state index contributed by atoms with van der Waals surface area (Å²) in [5.74, 6) is 1.84. The van der Waals surface area contributed by atoms with E-state index in [9.17, 15) is 4.79 Å². The zero-order chi connectivity index (χ0) is 18.5. The molecule has 1 N–H and O–H groups in total. The van der Waals surface area contributed by atoms with Crippen molar-refractivity contribution in [2.45, 2.75) is 13.0 Å². The largest absolute Gasteiger partial charge is 0.493 e. The van der Waals surface area contributed by atoms with Gasteiger partial charge in [0.05, 0.1) is 19.8 Å². The van der Waals surface area contributed by atoms with Crippen molar-refractivity contribution in [1.29, 1.82) is 0 Å². The van der Waals surface area contributed by atoms with E-state index in [1.807, 2.05) is 12.1 Å². The van der Waals surface area contributed by atoms with E-state index in [0.717, 1.165) is 24.3 Å². The van der Waals surface area contributed by atoms with Gasteiger partial charge in [-0.3, -0.25) is 4.79 Å². The number of methoxy groups -OCH3 is 2. The van der Waals surface area contributed by atoms with Gasteiger partial charge in [-0.25, -0.2) is 9.97 Å². The van der Waals surface area contributed by atoms with Crippen LogP contribution < -0.4 is 19.7 Å². The summed E-state index contributed by atoms with van der Waals surface area (Å²) < 4.78 is 10.8. The molecule has 1 aliphatic heterocycles. The number of ether oxygens (including phenoxy) is 2. The van der Waals surface area contributed by atoms with Crippen LogP contribution in [0.25, 0.3) is 0 Å². The molecule has 1 aliphatic rings. The Morgan fingerprint density at radius 2 is 1.88 bits per heavy atom. The third-order valence-corrected chi connectivity index (χ3v) is 4.31. The molecule has 0 saturated heterocycles. The predicted molar refractivity (Wildman–Crippen MR) is 98.9 cm³/mol. The first-order chi connectivity index (χ1) is 12.7. The maximum absolute atomic E-state index is 11.9. The lowest BCUT2D eigenvalue weighted by Crippen LogP contribution is -2.32. The summed E-state index contributed by atoms with van der Waals surface area (Å²) in [6.45, 7) is 5.46. The van der Waals surface area contributed by atoms with Gasteiger partial charge in [-0.05, 0) is 29.7 Å². The number of amides is 1. The molecule has 0 fully saturated rings. The summed E-state index contributed by atoms with van der Waals surface area (Å²) in [6.07, 6.45) is 5.58. The van der Waals surface area contributed by atoms with E-state index in [1.165, 1.54) is 5.56 Å². The highest BCUT2D eigenvalue weighted by molar-refractivity contribution is 5.93. The van der Waals surface area contributed by atoms with Crippen LogP contribution >= 0.6 is 0 Å². The first-order valence-electron chi connectivity index (χ1n) is 8.36. The minimum atomic E-state index is -0.211. The van der Waals surface area contributed by atoms with Gasteiger partial charge in [0.25, 0.3) is 5.91 Å². The first kappa shape index (κ1) is 17.7. The summed E-state index contributed by atoms with van der Waals surface area (Å²) in [7, 11) is 3.27. The fourth-order valence-electron chi connectivity index (χ4n) is 2.92. The van der Waals surface area contributed by atoms with E-state index in [2.05, 4.69) is 26.8 Å². The molecule has 3 rings (SSSR count). The second-order valence-corrected chi connectivity index (χ2v) is 5.92. The highest BCUT2D eigenvalue weighted by atomic mass is 16.5. The van der Waals surface area contributed by atoms with Gasteiger partial charge in [-0.1, -0.05) is 6.08 Å². The van der Waals surface area contributed by atoms with Gasteiger partial charge in [0, 0.05) is 32.0 Å². The van der Waals surface area contributed by atoms with Gasteiger partial charge < -0.3 is 19.7 Å². The van der Waals surface area contributed by atoms with Crippen LogP contribution in [-0.4, -0.2) is 43.2 Å². The predicted octanol–water partition coefficient (Wildman–Crippen LogP) is 1.97. The van der Waals surface area contributed by atoms with Crippen LogP contribution in [0.5, 0.6) is 11.5 Å². The lowest BCUT2D eigenvalue weighted by Gasteiger charge is -2.29. The van der Waals surface area contributed by atoms with Crippen molar-refractivity contribution in [3.05, 3.63) is 53.9 Å². The van der Waals surface area contributed by atoms with Gasteiger partial charge in [0.2, 0.25) is 5.95 Å². The molecule has 7 nitrogen and oxygen atoms in total.